The fourth-order valence-electron chi connectivity index (χ4n) is 1.52. The Hall–Kier alpha value is -1.19. The van der Waals surface area contributed by atoms with Crippen LogP contribution in [0.2, 0.25) is 0 Å². The molecule has 0 saturated heterocycles. The first kappa shape index (κ1) is 10.3. The predicted molar refractivity (Wildman–Crippen MR) is 62.0 cm³/mol. The van der Waals surface area contributed by atoms with Gasteiger partial charge in [0.05, 0.1) is 0 Å². The van der Waals surface area contributed by atoms with E-state index in [9.17, 15) is 5.11 Å². The summed E-state index contributed by atoms with van der Waals surface area (Å²) in [6.07, 6.45) is 3.50. The average Bonchev–Trinajstić information content (AvgIpc) is 2.71. The van der Waals surface area contributed by atoms with Gasteiger partial charge in [-0.15, -0.1) is 11.3 Å². The van der Waals surface area contributed by atoms with Crippen LogP contribution < -0.4 is 0 Å². The minimum absolute atomic E-state index is 0.838. The maximum absolute atomic E-state index is 10.4. The second-order valence-electron chi connectivity index (χ2n) is 3.80. The monoisotopic (exact) mass is 219 g/mol. The van der Waals surface area contributed by atoms with Gasteiger partial charge in [0.25, 0.3) is 0 Å². The van der Waals surface area contributed by atoms with Crippen molar-refractivity contribution in [3.8, 4) is 0 Å². The van der Waals surface area contributed by atoms with Crippen molar-refractivity contribution in [2.45, 2.75) is 19.4 Å². The van der Waals surface area contributed by atoms with E-state index in [-0.39, 0.29) is 0 Å². The number of rotatable bonds is 2. The third-order valence-corrected chi connectivity index (χ3v) is 3.52. The van der Waals surface area contributed by atoms with E-state index in [0.29, 0.717) is 0 Å². The molecule has 1 atom stereocenters. The first-order valence-electron chi connectivity index (χ1n) is 4.79. The zero-order valence-electron chi connectivity index (χ0n) is 8.77. The summed E-state index contributed by atoms with van der Waals surface area (Å²) in [6.45, 7) is 3.77. The molecule has 2 heterocycles. The molecule has 0 aromatic carbocycles. The van der Waals surface area contributed by atoms with Gasteiger partial charge in [0, 0.05) is 22.8 Å². The highest BCUT2D eigenvalue weighted by Gasteiger charge is 2.26. The van der Waals surface area contributed by atoms with Crippen molar-refractivity contribution in [3.05, 3.63) is 52.0 Å². The van der Waals surface area contributed by atoms with Gasteiger partial charge in [-0.2, -0.15) is 0 Å². The molecule has 0 fully saturated rings. The quantitative estimate of drug-likeness (QED) is 0.842. The van der Waals surface area contributed by atoms with E-state index in [1.165, 1.54) is 0 Å². The molecule has 1 N–H and O–H groups in total. The summed E-state index contributed by atoms with van der Waals surface area (Å²) < 4.78 is 0. The number of aromatic nitrogens is 1. The summed E-state index contributed by atoms with van der Waals surface area (Å²) in [5.74, 6) is 0. The number of nitrogens with zero attached hydrogens (tertiary/aromatic N) is 1. The number of aryl methyl sites for hydroxylation is 1. The fraction of sp³-hybridized carbons (Fsp3) is 0.250. The van der Waals surface area contributed by atoms with Crippen LogP contribution in [0.1, 0.15) is 22.9 Å². The molecule has 2 rings (SSSR count). The Morgan fingerprint density at radius 3 is 2.80 bits per heavy atom. The summed E-state index contributed by atoms with van der Waals surface area (Å²) in [5, 5.41) is 12.4. The van der Waals surface area contributed by atoms with Gasteiger partial charge in [0.15, 0.2) is 0 Å². The van der Waals surface area contributed by atoms with Crippen molar-refractivity contribution in [1.29, 1.82) is 0 Å². The molecule has 3 heteroatoms. The van der Waals surface area contributed by atoms with Crippen LogP contribution in [0, 0.1) is 6.92 Å². The van der Waals surface area contributed by atoms with Crippen LogP contribution in [0.3, 0.4) is 0 Å². The van der Waals surface area contributed by atoms with Crippen LogP contribution in [0.5, 0.6) is 0 Å². The van der Waals surface area contributed by atoms with Gasteiger partial charge >= 0.3 is 0 Å². The smallest absolute Gasteiger partial charge is 0.122 e. The lowest BCUT2D eigenvalue weighted by molar-refractivity contribution is 0.106. The Kier molecular flexibility index (Phi) is 2.59. The Labute approximate surface area is 93.2 Å². The highest BCUT2D eigenvalue weighted by atomic mass is 32.1. The van der Waals surface area contributed by atoms with Crippen LogP contribution >= 0.6 is 11.3 Å². The van der Waals surface area contributed by atoms with Crippen molar-refractivity contribution >= 4 is 11.3 Å². The maximum atomic E-state index is 10.4. The molecule has 0 aliphatic rings. The lowest BCUT2D eigenvalue weighted by atomic mass is 9.95. The van der Waals surface area contributed by atoms with Crippen LogP contribution in [0.4, 0.5) is 0 Å². The summed E-state index contributed by atoms with van der Waals surface area (Å²) in [6, 6.07) is 5.84. The zero-order valence-corrected chi connectivity index (χ0v) is 9.58. The first-order chi connectivity index (χ1) is 7.10. The summed E-state index contributed by atoms with van der Waals surface area (Å²) >= 11 is 1.55. The number of aliphatic hydroxyl groups is 1. The van der Waals surface area contributed by atoms with E-state index in [1.54, 1.807) is 30.7 Å². The van der Waals surface area contributed by atoms with Gasteiger partial charge in [-0.05, 0) is 36.9 Å². The van der Waals surface area contributed by atoms with Crippen LogP contribution in [0.25, 0.3) is 0 Å². The van der Waals surface area contributed by atoms with Crippen molar-refractivity contribution < 1.29 is 5.11 Å². The molecule has 0 aliphatic heterocycles. The van der Waals surface area contributed by atoms with Crippen molar-refractivity contribution in [3.63, 3.8) is 0 Å². The molecule has 0 spiro atoms. The molecule has 2 nitrogen and oxygen atoms in total. The molecule has 2 aromatic heterocycles. The van der Waals surface area contributed by atoms with E-state index in [0.717, 1.165) is 16.0 Å². The Morgan fingerprint density at radius 2 is 2.20 bits per heavy atom. The Morgan fingerprint density at radius 1 is 1.40 bits per heavy atom. The molecular formula is C12H13NOS. The first-order valence-corrected chi connectivity index (χ1v) is 5.67. The summed E-state index contributed by atoms with van der Waals surface area (Å²) in [4.78, 5) is 5.04. The lowest BCUT2D eigenvalue weighted by Crippen LogP contribution is -2.21. The predicted octanol–water partition coefficient (Wildman–Crippen LogP) is 2.71. The molecule has 2 aromatic rings. The van der Waals surface area contributed by atoms with E-state index in [1.807, 2.05) is 30.5 Å². The van der Waals surface area contributed by atoms with Gasteiger partial charge in [-0.25, -0.2) is 0 Å². The van der Waals surface area contributed by atoms with Crippen molar-refractivity contribution in [2.24, 2.45) is 0 Å². The molecule has 1 unspecified atom stereocenters. The summed E-state index contributed by atoms with van der Waals surface area (Å²) in [7, 11) is 0. The minimum Gasteiger partial charge on any atom is -0.380 e. The number of hydrogen-bond acceptors (Lipinski definition) is 3. The molecule has 15 heavy (non-hydrogen) atoms. The number of thiophene rings is 1. The molecule has 78 valence electrons. The SMILES string of the molecule is Cc1cncc(C(C)(O)c2cccs2)c1. The zero-order chi connectivity index (χ0) is 10.9. The lowest BCUT2D eigenvalue weighted by Gasteiger charge is -2.22. The average molecular weight is 219 g/mol. The molecule has 0 bridgehead atoms. The highest BCUT2D eigenvalue weighted by molar-refractivity contribution is 7.10. The van der Waals surface area contributed by atoms with Gasteiger partial charge in [0.1, 0.15) is 5.60 Å². The third-order valence-electron chi connectivity index (χ3n) is 2.44. The van der Waals surface area contributed by atoms with Crippen LogP contribution in [0.15, 0.2) is 36.0 Å². The molecule has 0 aliphatic carbocycles. The van der Waals surface area contributed by atoms with Crippen molar-refractivity contribution in [1.82, 2.24) is 4.98 Å². The van der Waals surface area contributed by atoms with Gasteiger partial charge in [-0.1, -0.05) is 6.07 Å². The highest BCUT2D eigenvalue weighted by Crippen LogP contribution is 2.31. The van der Waals surface area contributed by atoms with E-state index >= 15 is 0 Å². The Bertz CT molecular complexity index is 448. The number of hydrogen-bond donors (Lipinski definition) is 1. The molecule has 0 amide bonds. The fourth-order valence-corrected chi connectivity index (χ4v) is 2.33. The van der Waals surface area contributed by atoms with Gasteiger partial charge < -0.3 is 5.11 Å². The third kappa shape index (κ3) is 1.94. The largest absolute Gasteiger partial charge is 0.380 e. The van der Waals surface area contributed by atoms with E-state index in [2.05, 4.69) is 4.98 Å². The second-order valence-corrected chi connectivity index (χ2v) is 4.75. The normalized spacial score (nSPS) is 14.9. The van der Waals surface area contributed by atoms with Crippen LogP contribution in [-0.4, -0.2) is 10.1 Å². The maximum Gasteiger partial charge on any atom is 0.122 e. The van der Waals surface area contributed by atoms with E-state index < -0.39 is 5.60 Å². The Balaban J connectivity index is 2.46. The summed E-state index contributed by atoms with van der Waals surface area (Å²) in [5.41, 5.74) is 0.960. The minimum atomic E-state index is -0.937. The second kappa shape index (κ2) is 3.76. The number of pyridine rings is 1. The van der Waals surface area contributed by atoms with Crippen molar-refractivity contribution in [2.75, 3.05) is 0 Å². The molecule has 0 saturated carbocycles. The van der Waals surface area contributed by atoms with E-state index in [4.69, 9.17) is 0 Å². The van der Waals surface area contributed by atoms with Gasteiger partial charge in [0.2, 0.25) is 0 Å². The standard InChI is InChI=1S/C12H13NOS/c1-9-6-10(8-13-7-9)12(2,14)11-4-3-5-15-11/h3-8,14H,1-2H3. The molecular weight excluding hydrogens is 206 g/mol. The van der Waals surface area contributed by atoms with Crippen LogP contribution in [-0.2, 0) is 5.60 Å². The van der Waals surface area contributed by atoms with Gasteiger partial charge in [-0.3, -0.25) is 4.98 Å². The topological polar surface area (TPSA) is 33.1 Å². The molecule has 0 radical (unpaired) electrons.